The quantitative estimate of drug-likeness (QED) is 0.930. The zero-order chi connectivity index (χ0) is 17.2. The van der Waals surface area contributed by atoms with E-state index in [1.165, 1.54) is 32.4 Å². The number of nitrogens with one attached hydrogen (secondary N) is 1. The minimum absolute atomic E-state index is 0.0287. The number of ether oxygens (including phenoxy) is 1. The van der Waals surface area contributed by atoms with Crippen molar-refractivity contribution in [3.8, 4) is 5.88 Å². The normalized spacial score (nSPS) is 23.9. The van der Waals surface area contributed by atoms with Gasteiger partial charge in [-0.15, -0.1) is 0 Å². The van der Waals surface area contributed by atoms with Crippen molar-refractivity contribution < 1.29 is 9.53 Å². The number of nitrogens with zero attached hydrogens (tertiary/aromatic N) is 2. The maximum absolute atomic E-state index is 12.8. The van der Waals surface area contributed by atoms with Crippen LogP contribution in [0.2, 0.25) is 0 Å². The van der Waals surface area contributed by atoms with Crippen molar-refractivity contribution in [1.29, 1.82) is 0 Å². The Balaban J connectivity index is 1.44. The summed E-state index contributed by atoms with van der Waals surface area (Å²) in [5, 5.41) is 4.06. The third kappa shape index (κ3) is 3.33. The molecule has 1 N–H and O–H groups in total. The third-order valence-corrected chi connectivity index (χ3v) is 5.50. The second-order valence-electron chi connectivity index (χ2n) is 7.12. The van der Waals surface area contributed by atoms with Gasteiger partial charge in [0.1, 0.15) is 0 Å². The first kappa shape index (κ1) is 16.3. The number of rotatable bonds is 4. The van der Waals surface area contributed by atoms with Gasteiger partial charge < -0.3 is 15.0 Å². The Morgan fingerprint density at radius 2 is 1.96 bits per heavy atom. The Hall–Kier alpha value is -2.14. The predicted octanol–water partition coefficient (Wildman–Crippen LogP) is 2.99. The number of carbonyl (C=O) groups is 1. The van der Waals surface area contributed by atoms with E-state index in [-0.39, 0.29) is 11.9 Å². The molecule has 2 aliphatic rings. The van der Waals surface area contributed by atoms with Crippen LogP contribution in [0.5, 0.6) is 5.88 Å². The molecule has 1 aromatic heterocycles. The van der Waals surface area contributed by atoms with Gasteiger partial charge in [-0.2, -0.15) is 0 Å². The molecular formula is C20H25N3O2. The summed E-state index contributed by atoms with van der Waals surface area (Å²) in [6, 6.07) is 10.4. The average molecular weight is 339 g/mol. The molecule has 2 aromatic rings. The lowest BCUT2D eigenvalue weighted by molar-refractivity contribution is 0.0678. The Kier molecular flexibility index (Phi) is 4.57. The van der Waals surface area contributed by atoms with E-state index in [9.17, 15) is 4.79 Å². The number of benzene rings is 1. The highest BCUT2D eigenvalue weighted by Crippen LogP contribution is 2.29. The molecule has 1 saturated heterocycles. The molecule has 1 aliphatic heterocycles. The van der Waals surface area contributed by atoms with Crippen molar-refractivity contribution in [2.75, 3.05) is 20.2 Å². The van der Waals surface area contributed by atoms with Gasteiger partial charge in [0.15, 0.2) is 0 Å². The summed E-state index contributed by atoms with van der Waals surface area (Å²) in [5.41, 5.74) is 1.43. The first-order chi connectivity index (χ1) is 12.2. The zero-order valence-corrected chi connectivity index (χ0v) is 14.7. The fourth-order valence-electron chi connectivity index (χ4n) is 3.99. The highest BCUT2D eigenvalue weighted by molar-refractivity contribution is 6.06. The molecule has 0 radical (unpaired) electrons. The lowest BCUT2D eigenvalue weighted by atomic mass is 9.84. The summed E-state index contributed by atoms with van der Waals surface area (Å²) < 4.78 is 5.26. The van der Waals surface area contributed by atoms with E-state index >= 15 is 0 Å². The van der Waals surface area contributed by atoms with Gasteiger partial charge in [-0.25, -0.2) is 4.98 Å². The van der Waals surface area contributed by atoms with Crippen LogP contribution < -0.4 is 10.1 Å². The number of hydrogen-bond donors (Lipinski definition) is 1. The Morgan fingerprint density at radius 1 is 1.20 bits per heavy atom. The predicted molar refractivity (Wildman–Crippen MR) is 98.0 cm³/mol. The molecule has 1 aromatic carbocycles. The van der Waals surface area contributed by atoms with Gasteiger partial charge in [-0.3, -0.25) is 4.79 Å². The van der Waals surface area contributed by atoms with Crippen molar-refractivity contribution in [2.45, 2.75) is 44.2 Å². The molecule has 1 saturated carbocycles. The number of aromatic nitrogens is 1. The number of para-hydroxylation sites is 1. The second kappa shape index (κ2) is 7.00. The molecule has 0 bridgehead atoms. The average Bonchev–Trinajstić information content (AvgIpc) is 2.63. The maximum atomic E-state index is 12.8. The number of carbonyl (C=O) groups excluding carboxylic acids is 1. The van der Waals surface area contributed by atoms with Crippen molar-refractivity contribution in [2.24, 2.45) is 0 Å². The minimum atomic E-state index is -0.0287. The number of hydrogen-bond acceptors (Lipinski definition) is 4. The van der Waals surface area contributed by atoms with E-state index in [0.29, 0.717) is 17.5 Å². The van der Waals surface area contributed by atoms with Crippen LogP contribution in [0.25, 0.3) is 10.9 Å². The SMILES string of the molecule is COc1cc(C(=O)NC2CC(N3CCCCC3)C2)c2ccccc2n1. The molecule has 4 rings (SSSR count). The number of pyridine rings is 1. The topological polar surface area (TPSA) is 54.5 Å². The molecule has 0 spiro atoms. The van der Waals surface area contributed by atoms with E-state index in [0.717, 1.165) is 23.7 Å². The van der Waals surface area contributed by atoms with E-state index in [1.807, 2.05) is 24.3 Å². The second-order valence-corrected chi connectivity index (χ2v) is 7.12. The van der Waals surface area contributed by atoms with Gasteiger partial charge in [0.05, 0.1) is 18.2 Å². The van der Waals surface area contributed by atoms with Gasteiger partial charge in [-0.05, 0) is 44.8 Å². The van der Waals surface area contributed by atoms with E-state index in [1.54, 1.807) is 13.2 Å². The molecule has 0 unspecified atom stereocenters. The van der Waals surface area contributed by atoms with Gasteiger partial charge in [0.25, 0.3) is 5.91 Å². The van der Waals surface area contributed by atoms with Crippen molar-refractivity contribution in [3.63, 3.8) is 0 Å². The smallest absolute Gasteiger partial charge is 0.252 e. The molecular weight excluding hydrogens is 314 g/mol. The van der Waals surface area contributed by atoms with Gasteiger partial charge in [-0.1, -0.05) is 24.6 Å². The lowest BCUT2D eigenvalue weighted by Gasteiger charge is -2.44. The van der Waals surface area contributed by atoms with Crippen LogP contribution in [0.4, 0.5) is 0 Å². The summed E-state index contributed by atoms with van der Waals surface area (Å²) in [6.45, 7) is 2.44. The molecule has 132 valence electrons. The van der Waals surface area contributed by atoms with Crippen molar-refractivity contribution >= 4 is 16.8 Å². The van der Waals surface area contributed by atoms with Crippen molar-refractivity contribution in [1.82, 2.24) is 15.2 Å². The van der Waals surface area contributed by atoms with E-state index in [4.69, 9.17) is 4.74 Å². The van der Waals surface area contributed by atoms with Gasteiger partial charge in [0, 0.05) is 23.5 Å². The van der Waals surface area contributed by atoms with Gasteiger partial charge >= 0.3 is 0 Å². The monoisotopic (exact) mass is 339 g/mol. The summed E-state index contributed by atoms with van der Waals surface area (Å²) in [5.74, 6) is 0.447. The van der Waals surface area contributed by atoms with Crippen LogP contribution in [0.3, 0.4) is 0 Å². The first-order valence-electron chi connectivity index (χ1n) is 9.23. The highest BCUT2D eigenvalue weighted by atomic mass is 16.5. The standard InChI is InChI=1S/C20H25N3O2/c1-25-19-13-17(16-7-3-4-8-18(16)22-19)20(24)21-14-11-15(12-14)23-9-5-2-6-10-23/h3-4,7-8,13-15H,2,5-6,9-12H2,1H3,(H,21,24). The molecule has 2 fully saturated rings. The number of piperidine rings is 1. The maximum Gasteiger partial charge on any atom is 0.252 e. The summed E-state index contributed by atoms with van der Waals surface area (Å²) in [4.78, 5) is 19.8. The molecule has 25 heavy (non-hydrogen) atoms. The number of fused-ring (bicyclic) bond motifs is 1. The fourth-order valence-corrected chi connectivity index (χ4v) is 3.99. The van der Waals surface area contributed by atoms with E-state index in [2.05, 4.69) is 15.2 Å². The Bertz CT molecular complexity index is 765. The molecule has 2 heterocycles. The summed E-state index contributed by atoms with van der Waals surface area (Å²) in [7, 11) is 1.58. The molecule has 0 atom stereocenters. The highest BCUT2D eigenvalue weighted by Gasteiger charge is 2.35. The van der Waals surface area contributed by atoms with Crippen LogP contribution in [-0.2, 0) is 0 Å². The van der Waals surface area contributed by atoms with Gasteiger partial charge in [0.2, 0.25) is 5.88 Å². The Labute approximate surface area is 148 Å². The molecule has 5 nitrogen and oxygen atoms in total. The molecule has 1 amide bonds. The fraction of sp³-hybridized carbons (Fsp3) is 0.500. The van der Waals surface area contributed by atoms with Crippen molar-refractivity contribution in [3.05, 3.63) is 35.9 Å². The number of likely N-dealkylation sites (tertiary alicyclic amines) is 1. The van der Waals surface area contributed by atoms with Crippen LogP contribution in [0.15, 0.2) is 30.3 Å². The van der Waals surface area contributed by atoms with Crippen LogP contribution >= 0.6 is 0 Å². The minimum Gasteiger partial charge on any atom is -0.481 e. The van der Waals surface area contributed by atoms with Crippen LogP contribution in [-0.4, -0.2) is 48.1 Å². The van der Waals surface area contributed by atoms with Crippen LogP contribution in [0.1, 0.15) is 42.5 Å². The summed E-state index contributed by atoms with van der Waals surface area (Å²) in [6.07, 6.45) is 6.12. The number of amides is 1. The molecule has 1 aliphatic carbocycles. The Morgan fingerprint density at radius 3 is 2.72 bits per heavy atom. The molecule has 5 heteroatoms. The number of methoxy groups -OCH3 is 1. The van der Waals surface area contributed by atoms with E-state index < -0.39 is 0 Å². The lowest BCUT2D eigenvalue weighted by Crippen LogP contribution is -2.54. The zero-order valence-electron chi connectivity index (χ0n) is 14.7. The largest absolute Gasteiger partial charge is 0.481 e. The summed E-state index contributed by atoms with van der Waals surface area (Å²) >= 11 is 0. The third-order valence-electron chi connectivity index (χ3n) is 5.50. The first-order valence-corrected chi connectivity index (χ1v) is 9.23. The van der Waals surface area contributed by atoms with Crippen LogP contribution in [0, 0.1) is 0 Å².